The lowest BCUT2D eigenvalue weighted by Crippen LogP contribution is -2.42. The third-order valence-electron chi connectivity index (χ3n) is 5.91. The molecule has 0 spiro atoms. The van der Waals surface area contributed by atoms with Crippen molar-refractivity contribution in [2.24, 2.45) is 0 Å². The van der Waals surface area contributed by atoms with E-state index in [1.54, 1.807) is 25.3 Å². The summed E-state index contributed by atoms with van der Waals surface area (Å²) in [4.78, 5) is 24.9. The number of methoxy groups -OCH3 is 1. The molecular formula is C29H23ClFNO5. The highest BCUT2D eigenvalue weighted by Gasteiger charge is 2.23. The van der Waals surface area contributed by atoms with Crippen molar-refractivity contribution in [1.29, 1.82) is 0 Å². The number of hydrogen-bond donors (Lipinski definition) is 3. The summed E-state index contributed by atoms with van der Waals surface area (Å²) in [5.41, 5.74) is 3.57. The monoisotopic (exact) mass is 519 g/mol. The SMILES string of the molecule is COc1ccc(-c2ccc(C[C@H](NC(=O)c3cc(-c4ccc(F)c(Cl)c4)ccc3O)C(=O)O)cc2)cc1. The lowest BCUT2D eigenvalue weighted by Gasteiger charge is -2.16. The predicted octanol–water partition coefficient (Wildman–Crippen LogP) is 5.95. The second-order valence-electron chi connectivity index (χ2n) is 8.35. The summed E-state index contributed by atoms with van der Waals surface area (Å²) in [7, 11) is 1.60. The van der Waals surface area contributed by atoms with Crippen molar-refractivity contribution in [3.8, 4) is 33.8 Å². The minimum atomic E-state index is -1.23. The Labute approximate surface area is 217 Å². The zero-order valence-electron chi connectivity index (χ0n) is 19.7. The molecule has 6 nitrogen and oxygen atoms in total. The molecule has 37 heavy (non-hydrogen) atoms. The van der Waals surface area contributed by atoms with Gasteiger partial charge in [-0.25, -0.2) is 9.18 Å². The van der Waals surface area contributed by atoms with Crippen LogP contribution in [-0.4, -0.2) is 35.2 Å². The van der Waals surface area contributed by atoms with Gasteiger partial charge in [0.05, 0.1) is 17.7 Å². The Morgan fingerprint density at radius 1 is 0.892 bits per heavy atom. The van der Waals surface area contributed by atoms with E-state index < -0.39 is 23.7 Å². The Kier molecular flexibility index (Phi) is 7.74. The maximum absolute atomic E-state index is 13.5. The van der Waals surface area contributed by atoms with Gasteiger partial charge in [-0.3, -0.25) is 4.79 Å². The topological polar surface area (TPSA) is 95.9 Å². The molecule has 4 aromatic rings. The number of carbonyl (C=O) groups excluding carboxylic acids is 1. The number of phenolic OH excluding ortho intramolecular Hbond substituents is 1. The number of carboxylic acid groups (broad SMARTS) is 1. The minimum Gasteiger partial charge on any atom is -0.507 e. The number of carboxylic acids is 1. The summed E-state index contributed by atoms with van der Waals surface area (Å²) in [5.74, 6) is -2.12. The molecule has 0 aliphatic rings. The molecule has 4 rings (SSSR count). The molecule has 0 aliphatic heterocycles. The number of ether oxygens (including phenoxy) is 1. The van der Waals surface area contributed by atoms with E-state index in [4.69, 9.17) is 16.3 Å². The quantitative estimate of drug-likeness (QED) is 0.267. The van der Waals surface area contributed by atoms with Crippen molar-refractivity contribution in [3.05, 3.63) is 107 Å². The fraction of sp³-hybridized carbons (Fsp3) is 0.103. The number of benzene rings is 4. The Morgan fingerprint density at radius 3 is 2.05 bits per heavy atom. The molecule has 0 radical (unpaired) electrons. The largest absolute Gasteiger partial charge is 0.507 e. The van der Waals surface area contributed by atoms with E-state index >= 15 is 0 Å². The van der Waals surface area contributed by atoms with Gasteiger partial charge < -0.3 is 20.3 Å². The van der Waals surface area contributed by atoms with Gasteiger partial charge in [0.2, 0.25) is 0 Å². The van der Waals surface area contributed by atoms with Gasteiger partial charge in [-0.15, -0.1) is 0 Å². The Morgan fingerprint density at radius 2 is 1.46 bits per heavy atom. The molecule has 0 unspecified atom stereocenters. The van der Waals surface area contributed by atoms with Crippen molar-refractivity contribution in [3.63, 3.8) is 0 Å². The molecule has 1 atom stereocenters. The number of amides is 1. The first-order valence-electron chi connectivity index (χ1n) is 11.3. The van der Waals surface area contributed by atoms with Crippen LogP contribution < -0.4 is 10.1 Å². The van der Waals surface area contributed by atoms with E-state index in [0.29, 0.717) is 16.7 Å². The van der Waals surface area contributed by atoms with E-state index in [2.05, 4.69) is 5.32 Å². The summed E-state index contributed by atoms with van der Waals surface area (Å²) < 4.78 is 18.7. The summed E-state index contributed by atoms with van der Waals surface area (Å²) in [6.07, 6.45) is 0.0397. The Hall–Kier alpha value is -4.36. The van der Waals surface area contributed by atoms with Crippen LogP contribution in [0.25, 0.3) is 22.3 Å². The Bertz CT molecular complexity index is 1440. The lowest BCUT2D eigenvalue weighted by molar-refractivity contribution is -0.139. The van der Waals surface area contributed by atoms with Crippen LogP contribution in [0.15, 0.2) is 84.9 Å². The maximum Gasteiger partial charge on any atom is 0.326 e. The van der Waals surface area contributed by atoms with Crippen LogP contribution in [0, 0.1) is 5.82 Å². The number of aliphatic carboxylic acids is 1. The summed E-state index contributed by atoms with van der Waals surface area (Å²) in [5, 5.41) is 22.4. The van der Waals surface area contributed by atoms with E-state index in [9.17, 15) is 24.2 Å². The highest BCUT2D eigenvalue weighted by molar-refractivity contribution is 6.31. The summed E-state index contributed by atoms with van der Waals surface area (Å²) in [6, 6.07) is 22.0. The average Bonchev–Trinajstić information content (AvgIpc) is 2.90. The number of nitrogens with one attached hydrogen (secondary N) is 1. The van der Waals surface area contributed by atoms with Gasteiger partial charge in [-0.05, 0) is 64.2 Å². The molecule has 0 bridgehead atoms. The first kappa shape index (κ1) is 25.7. The van der Waals surface area contributed by atoms with Gasteiger partial charge in [0.25, 0.3) is 5.91 Å². The third kappa shape index (κ3) is 6.08. The molecule has 188 valence electrons. The van der Waals surface area contributed by atoms with Crippen LogP contribution in [0.4, 0.5) is 4.39 Å². The van der Waals surface area contributed by atoms with Crippen molar-refractivity contribution >= 4 is 23.5 Å². The van der Waals surface area contributed by atoms with Crippen molar-refractivity contribution < 1.29 is 28.9 Å². The molecular weight excluding hydrogens is 497 g/mol. The molecule has 0 fully saturated rings. The zero-order valence-corrected chi connectivity index (χ0v) is 20.5. The second kappa shape index (κ2) is 11.1. The molecule has 4 aromatic carbocycles. The first-order chi connectivity index (χ1) is 17.7. The maximum atomic E-state index is 13.5. The molecule has 0 aromatic heterocycles. The molecule has 8 heteroatoms. The number of hydrogen-bond acceptors (Lipinski definition) is 4. The van der Waals surface area contributed by atoms with Gasteiger partial charge in [-0.1, -0.05) is 60.1 Å². The smallest absolute Gasteiger partial charge is 0.326 e. The highest BCUT2D eigenvalue weighted by atomic mass is 35.5. The van der Waals surface area contributed by atoms with E-state index in [1.165, 1.54) is 30.3 Å². The van der Waals surface area contributed by atoms with Crippen molar-refractivity contribution in [2.45, 2.75) is 12.5 Å². The predicted molar refractivity (Wildman–Crippen MR) is 140 cm³/mol. The normalized spacial score (nSPS) is 11.5. The standard InChI is InChI=1S/C29H23ClFNO5/c1-37-22-10-6-19(7-11-22)18-4-2-17(3-5-18)14-26(29(35)36)32-28(34)23-15-20(9-13-27(23)33)21-8-12-25(31)24(30)16-21/h2-13,15-16,26,33H,14H2,1H3,(H,32,34)(H,35,36)/t26-/m0/s1. The number of rotatable bonds is 8. The molecule has 0 heterocycles. The van der Waals surface area contributed by atoms with Gasteiger partial charge in [-0.2, -0.15) is 0 Å². The fourth-order valence-corrected chi connectivity index (χ4v) is 4.04. The van der Waals surface area contributed by atoms with Crippen molar-refractivity contribution in [2.75, 3.05) is 7.11 Å². The molecule has 3 N–H and O–H groups in total. The Balaban J connectivity index is 1.50. The summed E-state index contributed by atoms with van der Waals surface area (Å²) >= 11 is 5.86. The lowest BCUT2D eigenvalue weighted by atomic mass is 9.99. The zero-order chi connectivity index (χ0) is 26.5. The van der Waals surface area contributed by atoms with Crippen LogP contribution in [0.1, 0.15) is 15.9 Å². The van der Waals surface area contributed by atoms with Crippen LogP contribution >= 0.6 is 11.6 Å². The van der Waals surface area contributed by atoms with Crippen LogP contribution in [0.2, 0.25) is 5.02 Å². The number of aromatic hydroxyl groups is 1. The van der Waals surface area contributed by atoms with Crippen LogP contribution in [0.3, 0.4) is 0 Å². The summed E-state index contributed by atoms with van der Waals surface area (Å²) in [6.45, 7) is 0. The second-order valence-corrected chi connectivity index (χ2v) is 8.76. The molecule has 0 saturated carbocycles. The average molecular weight is 520 g/mol. The molecule has 0 aliphatic carbocycles. The van der Waals surface area contributed by atoms with E-state index in [1.807, 2.05) is 36.4 Å². The van der Waals surface area contributed by atoms with Gasteiger partial charge >= 0.3 is 5.97 Å². The number of phenols is 1. The molecule has 0 saturated heterocycles. The van der Waals surface area contributed by atoms with Crippen LogP contribution in [-0.2, 0) is 11.2 Å². The third-order valence-corrected chi connectivity index (χ3v) is 6.20. The van der Waals surface area contributed by atoms with Gasteiger partial charge in [0, 0.05) is 6.42 Å². The fourth-order valence-electron chi connectivity index (χ4n) is 3.86. The number of halogens is 2. The van der Waals surface area contributed by atoms with Gasteiger partial charge in [0.1, 0.15) is 23.4 Å². The number of carbonyl (C=O) groups is 2. The molecule has 1 amide bonds. The van der Waals surface area contributed by atoms with Gasteiger partial charge in [0.15, 0.2) is 0 Å². The first-order valence-corrected chi connectivity index (χ1v) is 11.7. The van der Waals surface area contributed by atoms with E-state index in [-0.39, 0.29) is 22.8 Å². The minimum absolute atomic E-state index is 0.0397. The van der Waals surface area contributed by atoms with E-state index in [0.717, 1.165) is 16.9 Å². The highest BCUT2D eigenvalue weighted by Crippen LogP contribution is 2.29. The van der Waals surface area contributed by atoms with Crippen LogP contribution in [0.5, 0.6) is 11.5 Å². The van der Waals surface area contributed by atoms with Crippen molar-refractivity contribution in [1.82, 2.24) is 5.32 Å².